The molecule has 0 bridgehead atoms. The van der Waals surface area contributed by atoms with Gasteiger partial charge in [0.25, 0.3) is 0 Å². The largest absolute Gasteiger partial charge is 0.390 e. The first-order chi connectivity index (χ1) is 12.4. The molecule has 0 aromatic heterocycles. The van der Waals surface area contributed by atoms with Gasteiger partial charge in [-0.3, -0.25) is 4.99 Å². The van der Waals surface area contributed by atoms with Crippen LogP contribution in [0.1, 0.15) is 44.1 Å². The molecule has 2 N–H and O–H groups in total. The summed E-state index contributed by atoms with van der Waals surface area (Å²) < 4.78 is 36.6. The molecule has 0 aliphatic heterocycles. The molecule has 1 fully saturated rings. The van der Waals surface area contributed by atoms with E-state index in [1.54, 1.807) is 7.05 Å². The molecule has 1 saturated carbocycles. The Bertz CT molecular complexity index is 569. The van der Waals surface area contributed by atoms with Crippen LogP contribution in [0.5, 0.6) is 0 Å². The topological polar surface area (TPSA) is 39.7 Å². The number of halogens is 4. The third kappa shape index (κ3) is 8.57. The number of aliphatic imine (C=N–C) groups is 1. The second-order valence-electron chi connectivity index (χ2n) is 6.79. The fourth-order valence-corrected chi connectivity index (χ4v) is 3.26. The van der Waals surface area contributed by atoms with Gasteiger partial charge >= 0.3 is 6.18 Å². The lowest BCUT2D eigenvalue weighted by atomic mass is 9.94. The van der Waals surface area contributed by atoms with E-state index in [2.05, 4.69) is 39.7 Å². The lowest BCUT2D eigenvalue weighted by Gasteiger charge is -2.33. The Morgan fingerprint density at radius 1 is 1.11 bits per heavy atom. The van der Waals surface area contributed by atoms with Crippen molar-refractivity contribution >= 4 is 35.6 Å². The van der Waals surface area contributed by atoms with Crippen LogP contribution in [-0.4, -0.2) is 38.8 Å². The normalized spacial score (nSPS) is 15.8. The molecule has 0 spiro atoms. The van der Waals surface area contributed by atoms with E-state index in [0.29, 0.717) is 18.5 Å². The maximum atomic E-state index is 12.2. The molecular formula is C19H30F3IN4. The zero-order valence-corrected chi connectivity index (χ0v) is 18.3. The minimum atomic E-state index is -4.16. The van der Waals surface area contributed by atoms with Gasteiger partial charge in [-0.15, -0.1) is 24.0 Å². The van der Waals surface area contributed by atoms with E-state index in [0.717, 1.165) is 5.56 Å². The molecule has 0 radical (unpaired) electrons. The number of guanidine groups is 1. The van der Waals surface area contributed by atoms with Crippen LogP contribution in [0.2, 0.25) is 0 Å². The highest BCUT2D eigenvalue weighted by molar-refractivity contribution is 14.0. The Kier molecular flexibility index (Phi) is 10.3. The molecule has 2 rings (SSSR count). The minimum Gasteiger partial charge on any atom is -0.372 e. The Hall–Kier alpha value is -1.19. The van der Waals surface area contributed by atoms with E-state index in [1.165, 1.54) is 37.8 Å². The fourth-order valence-electron chi connectivity index (χ4n) is 3.26. The van der Waals surface area contributed by atoms with Crippen molar-refractivity contribution in [2.24, 2.45) is 4.99 Å². The van der Waals surface area contributed by atoms with Gasteiger partial charge in [0.15, 0.2) is 5.96 Å². The maximum absolute atomic E-state index is 12.2. The SMILES string of the molecule is CN=C(NCCC(F)(F)F)NCc1ccc(N(C)C2CCCCC2)cc1.I. The molecule has 27 heavy (non-hydrogen) atoms. The van der Waals surface area contributed by atoms with Crippen molar-refractivity contribution in [2.45, 2.75) is 57.3 Å². The van der Waals surface area contributed by atoms with Gasteiger partial charge in [0, 0.05) is 38.9 Å². The highest BCUT2D eigenvalue weighted by Gasteiger charge is 2.26. The molecule has 0 atom stereocenters. The van der Waals surface area contributed by atoms with Crippen molar-refractivity contribution in [3.8, 4) is 0 Å². The summed E-state index contributed by atoms with van der Waals surface area (Å²) in [6.07, 6.45) is 1.41. The first kappa shape index (κ1) is 23.8. The van der Waals surface area contributed by atoms with Gasteiger partial charge < -0.3 is 15.5 Å². The van der Waals surface area contributed by atoms with Crippen LogP contribution in [0.15, 0.2) is 29.3 Å². The number of alkyl halides is 3. The summed E-state index contributed by atoms with van der Waals surface area (Å²) in [6.45, 7) is 0.327. The summed E-state index contributed by atoms with van der Waals surface area (Å²) in [4.78, 5) is 6.30. The molecule has 0 amide bonds. The Morgan fingerprint density at radius 2 is 1.74 bits per heavy atom. The lowest BCUT2D eigenvalue weighted by molar-refractivity contribution is -0.132. The molecule has 154 valence electrons. The summed E-state index contributed by atoms with van der Waals surface area (Å²) >= 11 is 0. The average Bonchev–Trinajstić information content (AvgIpc) is 2.64. The van der Waals surface area contributed by atoms with Gasteiger partial charge in [0.05, 0.1) is 6.42 Å². The van der Waals surface area contributed by atoms with E-state index < -0.39 is 12.6 Å². The Balaban J connectivity index is 0.00000364. The number of rotatable bonds is 6. The van der Waals surface area contributed by atoms with Gasteiger partial charge in [-0.05, 0) is 30.5 Å². The second kappa shape index (κ2) is 11.6. The predicted octanol–water partition coefficient (Wildman–Crippen LogP) is 4.69. The van der Waals surface area contributed by atoms with Gasteiger partial charge in [-0.25, -0.2) is 0 Å². The van der Waals surface area contributed by atoms with Crippen LogP contribution in [0.3, 0.4) is 0 Å². The standard InChI is InChI=1S/C19H29F3N4.HI/c1-23-18(24-13-12-19(20,21)22)25-14-15-8-10-17(11-9-15)26(2)16-6-4-3-5-7-16;/h8-11,16H,3-7,12-14H2,1-2H3,(H2,23,24,25);1H. The Labute approximate surface area is 177 Å². The van der Waals surface area contributed by atoms with Crippen molar-refractivity contribution in [3.63, 3.8) is 0 Å². The fraction of sp³-hybridized carbons (Fsp3) is 0.632. The molecule has 1 aliphatic carbocycles. The van der Waals surface area contributed by atoms with Crippen molar-refractivity contribution < 1.29 is 13.2 Å². The summed E-state index contributed by atoms with van der Waals surface area (Å²) in [6, 6.07) is 8.91. The number of hydrogen-bond acceptors (Lipinski definition) is 2. The average molecular weight is 498 g/mol. The van der Waals surface area contributed by atoms with E-state index >= 15 is 0 Å². The maximum Gasteiger partial charge on any atom is 0.390 e. The van der Waals surface area contributed by atoms with Crippen molar-refractivity contribution in [1.82, 2.24) is 10.6 Å². The molecule has 1 aromatic carbocycles. The molecule has 8 heteroatoms. The highest BCUT2D eigenvalue weighted by atomic mass is 127. The Morgan fingerprint density at radius 3 is 2.30 bits per heavy atom. The molecule has 0 unspecified atom stereocenters. The number of hydrogen-bond donors (Lipinski definition) is 2. The third-order valence-corrected chi connectivity index (χ3v) is 4.85. The number of benzene rings is 1. The first-order valence-electron chi connectivity index (χ1n) is 9.22. The zero-order valence-electron chi connectivity index (χ0n) is 16.0. The van der Waals surface area contributed by atoms with Crippen LogP contribution >= 0.6 is 24.0 Å². The monoisotopic (exact) mass is 498 g/mol. The molecule has 4 nitrogen and oxygen atoms in total. The quantitative estimate of drug-likeness (QED) is 0.340. The van der Waals surface area contributed by atoms with Crippen LogP contribution in [0, 0.1) is 0 Å². The smallest absolute Gasteiger partial charge is 0.372 e. The predicted molar refractivity (Wildman–Crippen MR) is 116 cm³/mol. The van der Waals surface area contributed by atoms with E-state index in [-0.39, 0.29) is 30.5 Å². The molecule has 0 saturated heterocycles. The van der Waals surface area contributed by atoms with Crippen LogP contribution < -0.4 is 15.5 Å². The summed E-state index contributed by atoms with van der Waals surface area (Å²) in [5.41, 5.74) is 2.26. The van der Waals surface area contributed by atoms with E-state index in [9.17, 15) is 13.2 Å². The van der Waals surface area contributed by atoms with Gasteiger partial charge in [0.2, 0.25) is 0 Å². The van der Waals surface area contributed by atoms with Crippen LogP contribution in [-0.2, 0) is 6.54 Å². The molecular weight excluding hydrogens is 468 g/mol. The van der Waals surface area contributed by atoms with Crippen molar-refractivity contribution in [1.29, 1.82) is 0 Å². The zero-order chi connectivity index (χ0) is 19.0. The highest BCUT2D eigenvalue weighted by Crippen LogP contribution is 2.26. The van der Waals surface area contributed by atoms with Gasteiger partial charge in [-0.1, -0.05) is 31.4 Å². The molecule has 0 heterocycles. The first-order valence-corrected chi connectivity index (χ1v) is 9.22. The van der Waals surface area contributed by atoms with Crippen LogP contribution in [0.25, 0.3) is 0 Å². The number of nitrogens with one attached hydrogen (secondary N) is 2. The number of nitrogens with zero attached hydrogens (tertiary/aromatic N) is 2. The van der Waals surface area contributed by atoms with Crippen LogP contribution in [0.4, 0.5) is 18.9 Å². The van der Waals surface area contributed by atoms with Gasteiger partial charge in [-0.2, -0.15) is 13.2 Å². The number of anilines is 1. The van der Waals surface area contributed by atoms with E-state index in [4.69, 9.17) is 0 Å². The minimum absolute atomic E-state index is 0. The van der Waals surface area contributed by atoms with Crippen molar-refractivity contribution in [2.75, 3.05) is 25.5 Å². The van der Waals surface area contributed by atoms with Gasteiger partial charge in [0.1, 0.15) is 0 Å². The third-order valence-electron chi connectivity index (χ3n) is 4.85. The summed E-state index contributed by atoms with van der Waals surface area (Å²) in [7, 11) is 3.70. The van der Waals surface area contributed by atoms with Crippen molar-refractivity contribution in [3.05, 3.63) is 29.8 Å². The lowest BCUT2D eigenvalue weighted by Crippen LogP contribution is -2.38. The molecule has 1 aromatic rings. The molecule has 1 aliphatic rings. The second-order valence-corrected chi connectivity index (χ2v) is 6.79. The summed E-state index contributed by atoms with van der Waals surface area (Å²) in [5, 5.41) is 5.72. The van der Waals surface area contributed by atoms with E-state index in [1.807, 2.05) is 12.1 Å². The summed E-state index contributed by atoms with van der Waals surface area (Å²) in [5.74, 6) is 0.373.